The van der Waals surface area contributed by atoms with Crippen LogP contribution in [-0.4, -0.2) is 44.4 Å². The van der Waals surface area contributed by atoms with Gasteiger partial charge in [-0.1, -0.05) is 18.2 Å². The fraction of sp³-hybridized carbons (Fsp3) is 0.333. The van der Waals surface area contributed by atoms with E-state index in [1.807, 2.05) is 37.4 Å². The van der Waals surface area contributed by atoms with Gasteiger partial charge < -0.3 is 14.8 Å². The Hall–Kier alpha value is -3.72. The third-order valence-corrected chi connectivity index (χ3v) is 7.18. The van der Waals surface area contributed by atoms with Crippen molar-refractivity contribution in [1.82, 2.24) is 19.7 Å². The molecule has 0 radical (unpaired) electrons. The molecular weight excluding hydrogens is 466 g/mol. The number of hydrogen-bond donors (Lipinski definition) is 2. The maximum absolute atomic E-state index is 13.2. The van der Waals surface area contributed by atoms with Crippen LogP contribution in [0.3, 0.4) is 0 Å². The molecule has 0 unspecified atom stereocenters. The van der Waals surface area contributed by atoms with E-state index in [9.17, 15) is 18.7 Å². The highest BCUT2D eigenvalue weighted by Crippen LogP contribution is 2.41. The number of fused-ring (bicyclic) bond motifs is 1. The minimum atomic E-state index is -2.58. The first kappa shape index (κ1) is 24.0. The SMILES string of the molecule is COc1cc(C)c2[nH]ccc2c1CN1CC[C@H](n2cc(C(F)F)cn2)C[C@@H]1c1ccccc1C(=O)O. The summed E-state index contributed by atoms with van der Waals surface area (Å²) in [4.78, 5) is 17.7. The predicted molar refractivity (Wildman–Crippen MR) is 132 cm³/mol. The van der Waals surface area contributed by atoms with Crippen LogP contribution in [0, 0.1) is 6.92 Å². The van der Waals surface area contributed by atoms with Crippen molar-refractivity contribution in [3.63, 3.8) is 0 Å². The van der Waals surface area contributed by atoms with Gasteiger partial charge in [0, 0.05) is 48.0 Å². The van der Waals surface area contributed by atoms with E-state index < -0.39 is 12.4 Å². The van der Waals surface area contributed by atoms with Crippen molar-refractivity contribution >= 4 is 16.9 Å². The number of aryl methyl sites for hydroxylation is 1. The Morgan fingerprint density at radius 2 is 2.11 bits per heavy atom. The zero-order valence-corrected chi connectivity index (χ0v) is 20.1. The second kappa shape index (κ2) is 9.73. The van der Waals surface area contributed by atoms with Gasteiger partial charge in [0.25, 0.3) is 6.43 Å². The molecule has 1 fully saturated rings. The molecule has 1 aliphatic heterocycles. The molecule has 9 heteroatoms. The zero-order chi connectivity index (χ0) is 25.4. The maximum atomic E-state index is 13.2. The van der Waals surface area contributed by atoms with Gasteiger partial charge in [-0.2, -0.15) is 5.10 Å². The van der Waals surface area contributed by atoms with E-state index in [2.05, 4.69) is 15.0 Å². The summed E-state index contributed by atoms with van der Waals surface area (Å²) in [6.45, 7) is 3.21. The molecular formula is C27H28F2N4O3. The molecule has 1 saturated heterocycles. The Labute approximate surface area is 207 Å². The molecule has 2 N–H and O–H groups in total. The number of halogens is 2. The molecule has 4 aromatic rings. The summed E-state index contributed by atoms with van der Waals surface area (Å²) < 4.78 is 33.7. The van der Waals surface area contributed by atoms with Gasteiger partial charge in [-0.25, -0.2) is 13.6 Å². The van der Waals surface area contributed by atoms with Gasteiger partial charge in [-0.15, -0.1) is 0 Å². The summed E-state index contributed by atoms with van der Waals surface area (Å²) >= 11 is 0. The van der Waals surface area contributed by atoms with E-state index >= 15 is 0 Å². The Morgan fingerprint density at radius 3 is 2.83 bits per heavy atom. The number of alkyl halides is 2. The fourth-order valence-corrected chi connectivity index (χ4v) is 5.38. The largest absolute Gasteiger partial charge is 0.496 e. The summed E-state index contributed by atoms with van der Waals surface area (Å²) in [6, 6.07) is 10.7. The van der Waals surface area contributed by atoms with Crippen LogP contribution < -0.4 is 4.74 Å². The molecule has 7 nitrogen and oxygen atoms in total. The number of aromatic nitrogens is 3. The van der Waals surface area contributed by atoms with Crippen molar-refractivity contribution in [2.45, 2.75) is 44.8 Å². The number of aromatic carboxylic acids is 1. The number of ether oxygens (including phenoxy) is 1. The van der Waals surface area contributed by atoms with Gasteiger partial charge in [0.1, 0.15) is 5.75 Å². The molecule has 0 bridgehead atoms. The minimum Gasteiger partial charge on any atom is -0.496 e. The van der Waals surface area contributed by atoms with E-state index in [0.717, 1.165) is 27.8 Å². The molecule has 3 heterocycles. The average molecular weight is 495 g/mol. The van der Waals surface area contributed by atoms with Gasteiger partial charge in [0.15, 0.2) is 0 Å². The standard InChI is InChI=1S/C27H28F2N4O3/c1-16-11-24(36-2)22(20-7-9-30-25(16)20)15-32-10-8-18(33-14-17(13-31-33)26(28)29)12-23(32)19-5-3-4-6-21(19)27(34)35/h3-7,9,11,13-14,18,23,26,30H,8,10,12,15H2,1-2H3,(H,34,35)/t18-,23+/m0/s1. The summed E-state index contributed by atoms with van der Waals surface area (Å²) in [7, 11) is 1.65. The number of methoxy groups -OCH3 is 1. The van der Waals surface area contributed by atoms with Crippen LogP contribution in [-0.2, 0) is 6.54 Å². The number of carboxylic acids is 1. The predicted octanol–water partition coefficient (Wildman–Crippen LogP) is 5.90. The highest BCUT2D eigenvalue weighted by molar-refractivity contribution is 5.90. The van der Waals surface area contributed by atoms with E-state index in [-0.39, 0.29) is 23.2 Å². The third kappa shape index (κ3) is 4.35. The fourth-order valence-electron chi connectivity index (χ4n) is 5.38. The first-order valence-electron chi connectivity index (χ1n) is 11.9. The molecule has 1 aliphatic rings. The Morgan fingerprint density at radius 1 is 1.31 bits per heavy atom. The van der Waals surface area contributed by atoms with Crippen LogP contribution in [0.5, 0.6) is 5.75 Å². The lowest BCUT2D eigenvalue weighted by atomic mass is 9.88. The number of aromatic amines is 1. The Balaban J connectivity index is 1.54. The van der Waals surface area contributed by atoms with E-state index in [0.29, 0.717) is 31.5 Å². The molecule has 0 amide bonds. The van der Waals surface area contributed by atoms with Gasteiger partial charge in [0.05, 0.1) is 30.5 Å². The number of carbonyl (C=O) groups is 1. The van der Waals surface area contributed by atoms with E-state index in [1.54, 1.807) is 23.9 Å². The van der Waals surface area contributed by atoms with E-state index in [1.165, 1.54) is 12.4 Å². The van der Waals surface area contributed by atoms with Crippen LogP contribution >= 0.6 is 0 Å². The lowest BCUT2D eigenvalue weighted by Gasteiger charge is -2.40. The number of rotatable bonds is 7. The lowest BCUT2D eigenvalue weighted by Crippen LogP contribution is -2.38. The first-order valence-corrected chi connectivity index (χ1v) is 11.9. The maximum Gasteiger partial charge on any atom is 0.336 e. The van der Waals surface area contributed by atoms with Crippen LogP contribution in [0.4, 0.5) is 8.78 Å². The van der Waals surface area contributed by atoms with Crippen LogP contribution in [0.1, 0.15) is 64.0 Å². The molecule has 2 aromatic carbocycles. The number of H-pyrrole nitrogens is 1. The molecule has 2 aromatic heterocycles. The van der Waals surface area contributed by atoms with Crippen LogP contribution in [0.2, 0.25) is 0 Å². The molecule has 36 heavy (non-hydrogen) atoms. The summed E-state index contributed by atoms with van der Waals surface area (Å²) in [5.74, 6) is -0.215. The topological polar surface area (TPSA) is 83.4 Å². The second-order valence-electron chi connectivity index (χ2n) is 9.25. The quantitative estimate of drug-likeness (QED) is 0.334. The monoisotopic (exact) mass is 494 g/mol. The minimum absolute atomic E-state index is 0.112. The normalized spacial score (nSPS) is 18.7. The number of nitrogens with zero attached hydrogens (tertiary/aromatic N) is 3. The number of benzene rings is 2. The van der Waals surface area contributed by atoms with Crippen molar-refractivity contribution in [3.8, 4) is 5.75 Å². The van der Waals surface area contributed by atoms with Gasteiger partial charge in [-0.3, -0.25) is 9.58 Å². The smallest absolute Gasteiger partial charge is 0.336 e. The number of piperidine rings is 1. The van der Waals surface area contributed by atoms with Crippen molar-refractivity contribution in [3.05, 3.63) is 82.8 Å². The third-order valence-electron chi connectivity index (χ3n) is 7.18. The average Bonchev–Trinajstić information content (AvgIpc) is 3.57. The number of nitrogens with one attached hydrogen (secondary N) is 1. The van der Waals surface area contributed by atoms with Gasteiger partial charge in [-0.05, 0) is 49.1 Å². The Bertz CT molecular complexity index is 1400. The van der Waals surface area contributed by atoms with Gasteiger partial charge in [0.2, 0.25) is 0 Å². The van der Waals surface area contributed by atoms with Crippen LogP contribution in [0.25, 0.3) is 10.9 Å². The number of likely N-dealkylation sites (tertiary alicyclic amines) is 1. The molecule has 0 aliphatic carbocycles. The summed E-state index contributed by atoms with van der Waals surface area (Å²) in [5.41, 5.74) is 3.97. The summed E-state index contributed by atoms with van der Waals surface area (Å²) in [5, 5.41) is 15.2. The molecule has 0 spiro atoms. The number of hydrogen-bond acceptors (Lipinski definition) is 4. The molecule has 2 atom stereocenters. The second-order valence-corrected chi connectivity index (χ2v) is 9.25. The molecule has 188 valence electrons. The van der Waals surface area contributed by atoms with Crippen molar-refractivity contribution in [2.24, 2.45) is 0 Å². The first-order chi connectivity index (χ1) is 17.4. The Kier molecular flexibility index (Phi) is 6.49. The van der Waals surface area contributed by atoms with Crippen molar-refractivity contribution < 1.29 is 23.4 Å². The molecule has 0 saturated carbocycles. The number of carboxylic acid groups (broad SMARTS) is 1. The van der Waals surface area contributed by atoms with Gasteiger partial charge >= 0.3 is 5.97 Å². The zero-order valence-electron chi connectivity index (χ0n) is 20.1. The highest BCUT2D eigenvalue weighted by atomic mass is 19.3. The molecule has 5 rings (SSSR count). The lowest BCUT2D eigenvalue weighted by molar-refractivity contribution is 0.0681. The van der Waals surface area contributed by atoms with Crippen molar-refractivity contribution in [1.29, 1.82) is 0 Å². The highest BCUT2D eigenvalue weighted by Gasteiger charge is 2.34. The van der Waals surface area contributed by atoms with Crippen molar-refractivity contribution in [2.75, 3.05) is 13.7 Å². The van der Waals surface area contributed by atoms with Crippen LogP contribution in [0.15, 0.2) is 55.0 Å². The summed E-state index contributed by atoms with van der Waals surface area (Å²) in [6.07, 6.45) is 3.16. The van der Waals surface area contributed by atoms with E-state index in [4.69, 9.17) is 4.74 Å².